The van der Waals surface area contributed by atoms with Crippen LogP contribution < -0.4 is 11.1 Å². The van der Waals surface area contributed by atoms with Crippen LogP contribution in [-0.4, -0.2) is 26.5 Å². The van der Waals surface area contributed by atoms with E-state index in [-0.39, 0.29) is 11.9 Å². The van der Waals surface area contributed by atoms with Gasteiger partial charge < -0.3 is 15.6 Å². The molecule has 1 unspecified atom stereocenters. The molecule has 0 aliphatic heterocycles. The van der Waals surface area contributed by atoms with Crippen LogP contribution in [0.15, 0.2) is 18.7 Å². The molecule has 3 N–H and O–H groups in total. The third kappa shape index (κ3) is 2.94. The topological polar surface area (TPSA) is 72.9 Å². The van der Waals surface area contributed by atoms with Crippen molar-refractivity contribution < 1.29 is 4.79 Å². The highest BCUT2D eigenvalue weighted by molar-refractivity contribution is 7.80. The summed E-state index contributed by atoms with van der Waals surface area (Å²) in [5, 5.41) is 3.03. The van der Waals surface area contributed by atoms with E-state index in [4.69, 9.17) is 18.0 Å². The molecule has 1 fully saturated rings. The van der Waals surface area contributed by atoms with Gasteiger partial charge in [0.2, 0.25) is 5.91 Å². The molecule has 5 nitrogen and oxygen atoms in total. The molecule has 1 aromatic heterocycles. The molecule has 1 aromatic rings. The van der Waals surface area contributed by atoms with Crippen molar-refractivity contribution in [1.29, 1.82) is 0 Å². The average molecular weight is 280 g/mol. The van der Waals surface area contributed by atoms with E-state index in [0.29, 0.717) is 11.5 Å². The van der Waals surface area contributed by atoms with E-state index >= 15 is 0 Å². The Morgan fingerprint density at radius 2 is 2.26 bits per heavy atom. The van der Waals surface area contributed by atoms with E-state index in [9.17, 15) is 4.79 Å². The van der Waals surface area contributed by atoms with Gasteiger partial charge in [0.05, 0.1) is 16.7 Å². The maximum absolute atomic E-state index is 12.4. The number of nitrogens with one attached hydrogen (secondary N) is 1. The van der Waals surface area contributed by atoms with Crippen molar-refractivity contribution in [2.45, 2.75) is 45.2 Å². The Hall–Kier alpha value is -1.43. The van der Waals surface area contributed by atoms with Crippen molar-refractivity contribution in [3.05, 3.63) is 18.7 Å². The number of hydrogen-bond donors (Lipinski definition) is 2. The van der Waals surface area contributed by atoms with Gasteiger partial charge in [0, 0.05) is 25.0 Å². The molecule has 6 heteroatoms. The summed E-state index contributed by atoms with van der Waals surface area (Å²) in [6.45, 7) is 2.67. The van der Waals surface area contributed by atoms with Gasteiger partial charge in [-0.2, -0.15) is 0 Å². The van der Waals surface area contributed by atoms with E-state index in [1.807, 2.05) is 17.7 Å². The van der Waals surface area contributed by atoms with Crippen LogP contribution >= 0.6 is 12.2 Å². The SMILES string of the molecule is CC(Cn1ccnc1)NC(=O)C1(C(N)=S)CCCC1. The van der Waals surface area contributed by atoms with Gasteiger partial charge in [-0.25, -0.2) is 4.98 Å². The molecule has 0 aromatic carbocycles. The second-order valence-corrected chi connectivity index (χ2v) is 5.73. The zero-order valence-electron chi connectivity index (χ0n) is 11.1. The summed E-state index contributed by atoms with van der Waals surface area (Å²) in [5.41, 5.74) is 5.17. The number of carbonyl (C=O) groups excluding carboxylic acids is 1. The molecular weight excluding hydrogens is 260 g/mol. The molecule has 1 aliphatic carbocycles. The molecule has 19 heavy (non-hydrogen) atoms. The molecule has 1 saturated carbocycles. The fourth-order valence-electron chi connectivity index (χ4n) is 2.68. The van der Waals surface area contributed by atoms with Crippen LogP contribution in [-0.2, 0) is 11.3 Å². The first-order valence-electron chi connectivity index (χ1n) is 6.61. The van der Waals surface area contributed by atoms with Gasteiger partial charge in [0.1, 0.15) is 0 Å². The fourth-order valence-corrected chi connectivity index (χ4v) is 2.98. The van der Waals surface area contributed by atoms with E-state index in [1.165, 1.54) is 0 Å². The number of nitrogens with two attached hydrogens (primary N) is 1. The molecule has 1 heterocycles. The molecule has 2 rings (SSSR count). The van der Waals surface area contributed by atoms with Crippen LogP contribution in [0.1, 0.15) is 32.6 Å². The molecule has 1 atom stereocenters. The van der Waals surface area contributed by atoms with Gasteiger partial charge in [-0.05, 0) is 19.8 Å². The number of thiocarbonyl (C=S) groups is 1. The Kier molecular flexibility index (Phi) is 4.19. The highest BCUT2D eigenvalue weighted by Crippen LogP contribution is 2.38. The summed E-state index contributed by atoms with van der Waals surface area (Å²) in [4.78, 5) is 16.8. The van der Waals surface area contributed by atoms with Gasteiger partial charge in [0.25, 0.3) is 0 Å². The molecule has 0 saturated heterocycles. The zero-order valence-corrected chi connectivity index (χ0v) is 11.9. The lowest BCUT2D eigenvalue weighted by atomic mass is 9.85. The van der Waals surface area contributed by atoms with Crippen molar-refractivity contribution in [3.63, 3.8) is 0 Å². The number of aromatic nitrogens is 2. The number of nitrogens with zero attached hydrogens (tertiary/aromatic N) is 2. The monoisotopic (exact) mass is 280 g/mol. The lowest BCUT2D eigenvalue weighted by Gasteiger charge is -2.28. The first-order chi connectivity index (χ1) is 9.04. The highest BCUT2D eigenvalue weighted by Gasteiger charge is 2.44. The van der Waals surface area contributed by atoms with Crippen molar-refractivity contribution >= 4 is 23.1 Å². The zero-order chi connectivity index (χ0) is 13.9. The van der Waals surface area contributed by atoms with Crippen molar-refractivity contribution in [3.8, 4) is 0 Å². The number of imidazole rings is 1. The fraction of sp³-hybridized carbons (Fsp3) is 0.615. The third-order valence-corrected chi connectivity index (χ3v) is 4.18. The standard InChI is InChI=1S/C13H20N4OS/c1-10(8-17-7-6-15-9-17)16-12(18)13(11(14)19)4-2-3-5-13/h6-7,9-10H,2-5,8H2,1H3,(H2,14,19)(H,16,18). The lowest BCUT2D eigenvalue weighted by Crippen LogP contribution is -2.50. The van der Waals surface area contributed by atoms with Gasteiger partial charge in [-0.3, -0.25) is 4.79 Å². The van der Waals surface area contributed by atoms with Crippen LogP contribution in [0.2, 0.25) is 0 Å². The van der Waals surface area contributed by atoms with Crippen molar-refractivity contribution in [1.82, 2.24) is 14.9 Å². The maximum atomic E-state index is 12.4. The van der Waals surface area contributed by atoms with Crippen molar-refractivity contribution in [2.75, 3.05) is 0 Å². The third-order valence-electron chi connectivity index (χ3n) is 3.78. The molecule has 104 valence electrons. The minimum Gasteiger partial charge on any atom is -0.392 e. The second-order valence-electron chi connectivity index (χ2n) is 5.29. The molecule has 1 amide bonds. The summed E-state index contributed by atoms with van der Waals surface area (Å²) in [6.07, 6.45) is 8.91. The number of rotatable bonds is 5. The lowest BCUT2D eigenvalue weighted by molar-refractivity contribution is -0.128. The Balaban J connectivity index is 1.97. The normalized spacial score (nSPS) is 19.0. The summed E-state index contributed by atoms with van der Waals surface area (Å²) >= 11 is 5.11. The van der Waals surface area contributed by atoms with E-state index < -0.39 is 5.41 Å². The second kappa shape index (κ2) is 5.69. The van der Waals surface area contributed by atoms with Gasteiger partial charge in [-0.15, -0.1) is 0 Å². The van der Waals surface area contributed by atoms with Gasteiger partial charge in [-0.1, -0.05) is 25.1 Å². The molecule has 0 bridgehead atoms. The summed E-state index contributed by atoms with van der Waals surface area (Å²) in [6, 6.07) is 0.0218. The Bertz CT molecular complexity index is 451. The minimum atomic E-state index is -0.626. The first-order valence-corrected chi connectivity index (χ1v) is 7.02. The van der Waals surface area contributed by atoms with Gasteiger partial charge in [0.15, 0.2) is 0 Å². The van der Waals surface area contributed by atoms with Crippen molar-refractivity contribution in [2.24, 2.45) is 11.1 Å². The maximum Gasteiger partial charge on any atom is 0.233 e. The number of hydrogen-bond acceptors (Lipinski definition) is 3. The number of carbonyl (C=O) groups is 1. The van der Waals surface area contributed by atoms with Gasteiger partial charge >= 0.3 is 0 Å². The quantitative estimate of drug-likeness (QED) is 0.796. The molecule has 0 radical (unpaired) electrons. The van der Waals surface area contributed by atoms with Crippen LogP contribution in [0.25, 0.3) is 0 Å². The Morgan fingerprint density at radius 3 is 2.79 bits per heavy atom. The van der Waals surface area contributed by atoms with E-state index in [1.54, 1.807) is 12.5 Å². The smallest absolute Gasteiger partial charge is 0.233 e. The average Bonchev–Trinajstić information content (AvgIpc) is 2.98. The van der Waals surface area contributed by atoms with E-state index in [0.717, 1.165) is 25.7 Å². The Morgan fingerprint density at radius 1 is 1.58 bits per heavy atom. The minimum absolute atomic E-state index is 0.0218. The van der Waals surface area contributed by atoms with Crippen LogP contribution in [0.3, 0.4) is 0 Å². The first kappa shape index (κ1) is 14.0. The molecular formula is C13H20N4OS. The predicted octanol–water partition coefficient (Wildman–Crippen LogP) is 1.23. The van der Waals surface area contributed by atoms with Crippen LogP contribution in [0.4, 0.5) is 0 Å². The largest absolute Gasteiger partial charge is 0.392 e. The van der Waals surface area contributed by atoms with E-state index in [2.05, 4.69) is 10.3 Å². The molecule has 0 spiro atoms. The summed E-state index contributed by atoms with van der Waals surface area (Å²) in [7, 11) is 0. The van der Waals surface area contributed by atoms with Crippen LogP contribution in [0.5, 0.6) is 0 Å². The molecule has 1 aliphatic rings. The summed E-state index contributed by atoms with van der Waals surface area (Å²) < 4.78 is 1.94. The van der Waals surface area contributed by atoms with Crippen LogP contribution in [0, 0.1) is 5.41 Å². The number of amides is 1. The summed E-state index contributed by atoms with van der Waals surface area (Å²) in [5.74, 6) is -0.0230. The Labute approximate surface area is 118 Å². The predicted molar refractivity (Wildman–Crippen MR) is 77.5 cm³/mol. The highest BCUT2D eigenvalue weighted by atomic mass is 32.1.